The lowest BCUT2D eigenvalue weighted by Gasteiger charge is -2.04. The molecule has 0 bridgehead atoms. The average molecular weight is 379 g/mol. The molecule has 110 valence electrons. The number of thiophene rings is 1. The van der Waals surface area contributed by atoms with E-state index < -0.39 is 10.0 Å². The molecule has 0 saturated carbocycles. The van der Waals surface area contributed by atoms with Gasteiger partial charge in [-0.25, -0.2) is 13.1 Å². The Balaban J connectivity index is 2.01. The smallest absolute Gasteiger partial charge is 0.244 e. The summed E-state index contributed by atoms with van der Waals surface area (Å²) in [5.41, 5.74) is 5.44. The van der Waals surface area contributed by atoms with Crippen molar-refractivity contribution in [1.82, 2.24) is 4.72 Å². The number of aryl methyl sites for hydroxylation is 1. The topological polar surface area (TPSA) is 85.3 Å². The van der Waals surface area contributed by atoms with Crippen LogP contribution in [0, 0.1) is 6.92 Å². The summed E-state index contributed by atoms with van der Waals surface area (Å²) >= 11 is 4.97. The van der Waals surface area contributed by atoms with Crippen molar-refractivity contribution >= 4 is 37.3 Å². The summed E-state index contributed by atoms with van der Waals surface area (Å²) in [4.78, 5) is 1.27. The minimum atomic E-state index is -3.55. The molecule has 0 saturated heterocycles. The third kappa shape index (κ3) is 3.70. The number of hydrogen-bond donors (Lipinski definition) is 2. The van der Waals surface area contributed by atoms with Crippen LogP contribution in [0.2, 0.25) is 0 Å². The van der Waals surface area contributed by atoms with Gasteiger partial charge >= 0.3 is 0 Å². The van der Waals surface area contributed by atoms with E-state index in [1.165, 1.54) is 6.07 Å². The number of furan rings is 1. The summed E-state index contributed by atoms with van der Waals surface area (Å²) in [6, 6.07) is 5.39. The third-order valence-electron chi connectivity index (χ3n) is 2.71. The predicted octanol–water partition coefficient (Wildman–Crippen LogP) is 2.39. The zero-order valence-electron chi connectivity index (χ0n) is 10.8. The Morgan fingerprint density at radius 1 is 1.45 bits per heavy atom. The van der Waals surface area contributed by atoms with Crippen molar-refractivity contribution in [3.63, 3.8) is 0 Å². The summed E-state index contributed by atoms with van der Waals surface area (Å²) in [6.07, 6.45) is 0.649. The molecule has 5 nitrogen and oxygen atoms in total. The van der Waals surface area contributed by atoms with E-state index in [0.717, 1.165) is 8.66 Å². The van der Waals surface area contributed by atoms with Gasteiger partial charge in [-0.3, -0.25) is 0 Å². The number of halogens is 1. The molecule has 20 heavy (non-hydrogen) atoms. The molecule has 0 radical (unpaired) electrons. The molecule has 0 aliphatic carbocycles. The van der Waals surface area contributed by atoms with Crippen molar-refractivity contribution < 1.29 is 12.8 Å². The van der Waals surface area contributed by atoms with E-state index in [1.54, 1.807) is 18.3 Å². The second-order valence-electron chi connectivity index (χ2n) is 4.19. The van der Waals surface area contributed by atoms with Crippen molar-refractivity contribution in [2.45, 2.75) is 24.8 Å². The van der Waals surface area contributed by atoms with Crippen molar-refractivity contribution in [2.75, 3.05) is 6.54 Å². The molecule has 0 aromatic carbocycles. The van der Waals surface area contributed by atoms with Crippen molar-refractivity contribution in [1.29, 1.82) is 0 Å². The summed E-state index contributed by atoms with van der Waals surface area (Å²) in [5, 5.41) is 0. The maximum Gasteiger partial charge on any atom is 0.244 e. The first kappa shape index (κ1) is 15.7. The fourth-order valence-electron chi connectivity index (χ4n) is 1.76. The number of nitrogens with two attached hydrogens (primary N) is 1. The summed E-state index contributed by atoms with van der Waals surface area (Å²) in [7, 11) is -3.55. The van der Waals surface area contributed by atoms with E-state index in [9.17, 15) is 8.42 Å². The highest BCUT2D eigenvalue weighted by molar-refractivity contribution is 9.11. The van der Waals surface area contributed by atoms with E-state index in [1.807, 2.05) is 12.1 Å². The monoisotopic (exact) mass is 378 g/mol. The lowest BCUT2D eigenvalue weighted by molar-refractivity contribution is 0.478. The lowest BCUT2D eigenvalue weighted by atomic mass is 10.3. The molecule has 0 atom stereocenters. The van der Waals surface area contributed by atoms with Crippen LogP contribution in [0.25, 0.3) is 0 Å². The molecule has 2 aromatic rings. The van der Waals surface area contributed by atoms with Crippen LogP contribution in [0.4, 0.5) is 0 Å². The Bertz CT molecular complexity index is 691. The fraction of sp³-hybridized carbons (Fsp3) is 0.333. The first-order valence-electron chi connectivity index (χ1n) is 5.95. The van der Waals surface area contributed by atoms with Gasteiger partial charge in [-0.15, -0.1) is 11.3 Å². The van der Waals surface area contributed by atoms with Gasteiger partial charge < -0.3 is 10.2 Å². The normalized spacial score (nSPS) is 11.9. The van der Waals surface area contributed by atoms with Gasteiger partial charge in [0.15, 0.2) is 0 Å². The quantitative estimate of drug-likeness (QED) is 0.807. The summed E-state index contributed by atoms with van der Waals surface area (Å²) in [5.74, 6) is 0.821. The molecule has 0 fully saturated rings. The van der Waals surface area contributed by atoms with Crippen LogP contribution in [0.15, 0.2) is 31.3 Å². The van der Waals surface area contributed by atoms with Crippen molar-refractivity contribution in [3.8, 4) is 0 Å². The minimum Gasteiger partial charge on any atom is -0.464 e. The Morgan fingerprint density at radius 2 is 2.20 bits per heavy atom. The van der Waals surface area contributed by atoms with Crippen LogP contribution in [-0.2, 0) is 23.0 Å². The predicted molar refractivity (Wildman–Crippen MR) is 82.2 cm³/mol. The first-order chi connectivity index (χ1) is 9.42. The van der Waals surface area contributed by atoms with Crippen molar-refractivity contribution in [2.24, 2.45) is 5.73 Å². The molecule has 0 unspecified atom stereocenters. The number of nitrogens with one attached hydrogen (secondary N) is 1. The van der Waals surface area contributed by atoms with E-state index in [2.05, 4.69) is 20.7 Å². The molecule has 3 N–H and O–H groups in total. The first-order valence-corrected chi connectivity index (χ1v) is 9.05. The van der Waals surface area contributed by atoms with E-state index in [4.69, 9.17) is 10.2 Å². The van der Waals surface area contributed by atoms with E-state index in [-0.39, 0.29) is 11.4 Å². The summed E-state index contributed by atoms with van der Waals surface area (Å²) in [6.45, 7) is 2.14. The molecule has 2 rings (SSSR count). The van der Waals surface area contributed by atoms with Gasteiger partial charge in [-0.05, 0) is 41.4 Å². The molecule has 0 amide bonds. The van der Waals surface area contributed by atoms with Gasteiger partial charge in [0, 0.05) is 17.5 Å². The van der Waals surface area contributed by atoms with Gasteiger partial charge in [0.2, 0.25) is 10.0 Å². The standard InChI is InChI=1S/C12H15BrN2O3S2/c1-8-11(6-9(7-14)18-8)20(16,17)15-5-4-10-2-3-12(13)19-10/h2-3,6,15H,4-5,7,14H2,1H3. The highest BCUT2D eigenvalue weighted by Gasteiger charge is 2.20. The highest BCUT2D eigenvalue weighted by atomic mass is 79.9. The maximum absolute atomic E-state index is 12.2. The molecular formula is C12H15BrN2O3S2. The van der Waals surface area contributed by atoms with Gasteiger partial charge in [0.25, 0.3) is 0 Å². The number of sulfonamides is 1. The molecule has 2 aromatic heterocycles. The summed E-state index contributed by atoms with van der Waals surface area (Å²) < 4.78 is 33.2. The van der Waals surface area contributed by atoms with Crippen LogP contribution < -0.4 is 10.5 Å². The van der Waals surface area contributed by atoms with Crippen LogP contribution in [0.3, 0.4) is 0 Å². The lowest BCUT2D eigenvalue weighted by Crippen LogP contribution is -2.26. The Labute approximate surface area is 130 Å². The van der Waals surface area contributed by atoms with Gasteiger partial charge in [-0.2, -0.15) is 0 Å². The number of rotatable bonds is 6. The fourth-order valence-corrected chi connectivity index (χ4v) is 4.48. The Morgan fingerprint density at radius 3 is 2.75 bits per heavy atom. The van der Waals surface area contributed by atoms with E-state index in [0.29, 0.717) is 24.5 Å². The van der Waals surface area contributed by atoms with Crippen LogP contribution in [0.5, 0.6) is 0 Å². The zero-order valence-corrected chi connectivity index (χ0v) is 14.1. The molecule has 0 aliphatic heterocycles. The second-order valence-corrected chi connectivity index (χ2v) is 8.47. The average Bonchev–Trinajstić information content (AvgIpc) is 2.95. The van der Waals surface area contributed by atoms with Crippen LogP contribution in [-0.4, -0.2) is 15.0 Å². The molecule has 0 aliphatic rings. The van der Waals surface area contributed by atoms with E-state index >= 15 is 0 Å². The molecule has 0 spiro atoms. The SMILES string of the molecule is Cc1oc(CN)cc1S(=O)(=O)NCCc1ccc(Br)s1. The largest absolute Gasteiger partial charge is 0.464 e. The van der Waals surface area contributed by atoms with Gasteiger partial charge in [0.05, 0.1) is 10.3 Å². The Hall–Kier alpha value is -0.670. The Kier molecular flexibility index (Phi) is 5.03. The van der Waals surface area contributed by atoms with Gasteiger partial charge in [0.1, 0.15) is 16.4 Å². The maximum atomic E-state index is 12.2. The van der Waals surface area contributed by atoms with Crippen LogP contribution in [0.1, 0.15) is 16.4 Å². The molecule has 8 heteroatoms. The highest BCUT2D eigenvalue weighted by Crippen LogP contribution is 2.23. The second kappa shape index (κ2) is 6.40. The minimum absolute atomic E-state index is 0.158. The zero-order chi connectivity index (χ0) is 14.8. The van der Waals surface area contributed by atoms with Gasteiger partial charge in [-0.1, -0.05) is 0 Å². The molecule has 2 heterocycles. The number of hydrogen-bond acceptors (Lipinski definition) is 5. The third-order valence-corrected chi connectivity index (χ3v) is 5.96. The van der Waals surface area contributed by atoms with Crippen LogP contribution >= 0.6 is 27.3 Å². The molecular weight excluding hydrogens is 364 g/mol. The van der Waals surface area contributed by atoms with Crippen molar-refractivity contribution in [3.05, 3.63) is 38.4 Å².